The van der Waals surface area contributed by atoms with Gasteiger partial charge >= 0.3 is 51.7 Å². The molecule has 0 aliphatic heterocycles. The summed E-state index contributed by atoms with van der Waals surface area (Å²) in [5, 5.41) is 0. The van der Waals surface area contributed by atoms with E-state index in [2.05, 4.69) is 0 Å². The van der Waals surface area contributed by atoms with Gasteiger partial charge in [0.25, 0.3) is 0 Å². The fraction of sp³-hybridized carbons (Fsp3) is 0. The van der Waals surface area contributed by atoms with Crippen molar-refractivity contribution in [3.8, 4) is 0 Å². The topological polar surface area (TPSA) is 85.5 Å². The Morgan fingerprint density at radius 1 is 0.400 bits per heavy atom. The monoisotopic (exact) mass is 278 g/mol. The molecule has 0 N–H and O–H groups in total. The van der Waals surface area contributed by atoms with Gasteiger partial charge < -0.3 is 16.4 Å². The molecule has 24 valence electrons. The molecule has 0 radical (unpaired) electrons. The fourth-order valence-electron chi connectivity index (χ4n) is 0. The average molecular weight is 278 g/mol. The summed E-state index contributed by atoms with van der Waals surface area (Å²) in [5.74, 6) is 0. The molecule has 0 rings (SSSR count). The second kappa shape index (κ2) is 45.7. The molecule has 0 unspecified atom stereocenters. The predicted octanol–water partition coefficient (Wildman–Crippen LogP) is -1.12. The summed E-state index contributed by atoms with van der Waals surface area (Å²) in [6.45, 7) is 0. The van der Waals surface area contributed by atoms with E-state index in [1.165, 1.54) is 0 Å². The molecule has 0 aliphatic rings. The molecular formula is In2O3. The van der Waals surface area contributed by atoms with Crippen molar-refractivity contribution in [1.82, 2.24) is 0 Å². The first-order valence-corrected chi connectivity index (χ1v) is 0. The Balaban J connectivity index is 0. The predicted molar refractivity (Wildman–Crippen MR) is 13.6 cm³/mol. The molecule has 5 heteroatoms. The molecule has 0 aromatic rings. The van der Waals surface area contributed by atoms with Crippen LogP contribution in [0.5, 0.6) is 0 Å². The average Bonchev–Trinajstić information content (AvgIpc) is 0. The van der Waals surface area contributed by atoms with Crippen molar-refractivity contribution < 1.29 is 16.4 Å². The maximum absolute atomic E-state index is 0. The Hall–Kier alpha value is 1.62. The van der Waals surface area contributed by atoms with Gasteiger partial charge in [0.05, 0.1) is 0 Å². The van der Waals surface area contributed by atoms with E-state index in [-0.39, 0.29) is 68.1 Å². The second-order valence-corrected chi connectivity index (χ2v) is 0. The molecule has 0 heterocycles. The van der Waals surface area contributed by atoms with Crippen molar-refractivity contribution in [3.63, 3.8) is 0 Å². The van der Waals surface area contributed by atoms with E-state index in [0.717, 1.165) is 0 Å². The quantitative estimate of drug-likeness (QED) is 0.537. The molecule has 0 spiro atoms. The number of rotatable bonds is 0. The van der Waals surface area contributed by atoms with Gasteiger partial charge in [0.1, 0.15) is 0 Å². The first-order chi connectivity index (χ1) is 0. The summed E-state index contributed by atoms with van der Waals surface area (Å²) < 4.78 is 0. The third kappa shape index (κ3) is 28.1. The van der Waals surface area contributed by atoms with Crippen molar-refractivity contribution >= 4 is 51.7 Å². The maximum Gasteiger partial charge on any atom is 3.00 e. The smallest absolute Gasteiger partial charge is 2.00 e. The van der Waals surface area contributed by atoms with Crippen molar-refractivity contribution in [2.24, 2.45) is 0 Å². The standard InChI is InChI=1S/2In.3O/q2*+3;3*-2. The molecule has 0 aromatic carbocycles. The van der Waals surface area contributed by atoms with E-state index in [4.69, 9.17) is 0 Å². The molecule has 0 atom stereocenters. The Morgan fingerprint density at radius 3 is 0.400 bits per heavy atom. The van der Waals surface area contributed by atoms with Crippen LogP contribution in [-0.4, -0.2) is 51.7 Å². The zero-order valence-corrected chi connectivity index (χ0v) is 8.97. The van der Waals surface area contributed by atoms with Crippen LogP contribution in [0, 0.1) is 0 Å². The first kappa shape index (κ1) is 79.7. The molecule has 0 aromatic heterocycles. The summed E-state index contributed by atoms with van der Waals surface area (Å²) in [6.07, 6.45) is 0. The van der Waals surface area contributed by atoms with E-state index in [9.17, 15) is 0 Å². The third-order valence-electron chi connectivity index (χ3n) is 0. The van der Waals surface area contributed by atoms with Gasteiger partial charge in [0.15, 0.2) is 0 Å². The van der Waals surface area contributed by atoms with Crippen molar-refractivity contribution in [2.75, 3.05) is 0 Å². The van der Waals surface area contributed by atoms with Gasteiger partial charge in [-0.1, -0.05) is 0 Å². The molecular weight excluding hydrogens is 278 g/mol. The molecule has 5 heavy (non-hydrogen) atoms. The number of hydrogen-bond donors (Lipinski definition) is 0. The van der Waals surface area contributed by atoms with Gasteiger partial charge in [-0.3, -0.25) is 0 Å². The van der Waals surface area contributed by atoms with Gasteiger partial charge in [-0.15, -0.1) is 0 Å². The minimum Gasteiger partial charge on any atom is -2.00 e. The first-order valence-electron chi connectivity index (χ1n) is 0. The summed E-state index contributed by atoms with van der Waals surface area (Å²) in [5.41, 5.74) is 0. The van der Waals surface area contributed by atoms with Crippen LogP contribution in [0.2, 0.25) is 0 Å². The van der Waals surface area contributed by atoms with Crippen LogP contribution in [-0.2, 0) is 16.4 Å². The van der Waals surface area contributed by atoms with Crippen LogP contribution >= 0.6 is 0 Å². The van der Waals surface area contributed by atoms with Crippen LogP contribution in [0.1, 0.15) is 0 Å². The van der Waals surface area contributed by atoms with E-state index in [1.807, 2.05) is 0 Å². The van der Waals surface area contributed by atoms with Gasteiger partial charge in [-0.2, -0.15) is 0 Å². The summed E-state index contributed by atoms with van der Waals surface area (Å²) in [4.78, 5) is 0. The Bertz CT molecular complexity index is 4.85. The third-order valence-corrected chi connectivity index (χ3v) is 0. The van der Waals surface area contributed by atoms with Crippen LogP contribution in [0.25, 0.3) is 0 Å². The SMILES string of the molecule is [In+3].[In+3].[O-2].[O-2].[O-2]. The molecule has 0 fully saturated rings. The normalized spacial score (nSPS) is 0. The molecule has 3 nitrogen and oxygen atoms in total. The Kier molecular flexibility index (Phi) is 728. The largest absolute Gasteiger partial charge is 3.00 e. The van der Waals surface area contributed by atoms with Crippen molar-refractivity contribution in [3.05, 3.63) is 0 Å². The van der Waals surface area contributed by atoms with Crippen LogP contribution in [0.4, 0.5) is 0 Å². The summed E-state index contributed by atoms with van der Waals surface area (Å²) in [6, 6.07) is 0. The minimum absolute atomic E-state index is 0. The van der Waals surface area contributed by atoms with Crippen molar-refractivity contribution in [1.29, 1.82) is 0 Å². The zero-order valence-electron chi connectivity index (χ0n) is 2.38. The molecule has 0 saturated heterocycles. The van der Waals surface area contributed by atoms with Gasteiger partial charge in [-0.25, -0.2) is 0 Å². The van der Waals surface area contributed by atoms with Gasteiger partial charge in [-0.05, 0) is 0 Å². The maximum atomic E-state index is 0. The molecule has 0 saturated carbocycles. The van der Waals surface area contributed by atoms with Gasteiger partial charge in [0.2, 0.25) is 0 Å². The molecule has 0 amide bonds. The summed E-state index contributed by atoms with van der Waals surface area (Å²) >= 11 is 0. The fourth-order valence-corrected chi connectivity index (χ4v) is 0. The minimum atomic E-state index is 0. The van der Waals surface area contributed by atoms with Crippen LogP contribution < -0.4 is 0 Å². The number of hydrogen-bond acceptors (Lipinski definition) is 0. The van der Waals surface area contributed by atoms with Crippen molar-refractivity contribution in [2.45, 2.75) is 0 Å². The van der Waals surface area contributed by atoms with Gasteiger partial charge in [0, 0.05) is 0 Å². The zero-order chi connectivity index (χ0) is 0. The Morgan fingerprint density at radius 2 is 0.400 bits per heavy atom. The van der Waals surface area contributed by atoms with E-state index in [0.29, 0.717) is 0 Å². The molecule has 0 aliphatic carbocycles. The van der Waals surface area contributed by atoms with Crippen LogP contribution in [0.3, 0.4) is 0 Å². The van der Waals surface area contributed by atoms with E-state index < -0.39 is 0 Å². The van der Waals surface area contributed by atoms with E-state index in [1.54, 1.807) is 0 Å². The Labute approximate surface area is 67.6 Å². The summed E-state index contributed by atoms with van der Waals surface area (Å²) in [7, 11) is 0. The second-order valence-electron chi connectivity index (χ2n) is 0. The molecule has 0 bridgehead atoms. The van der Waals surface area contributed by atoms with E-state index >= 15 is 0 Å². The van der Waals surface area contributed by atoms with Crippen LogP contribution in [0.15, 0.2) is 0 Å².